The number of nitrogens with zero attached hydrogens (tertiary/aromatic N) is 3. The van der Waals surface area contributed by atoms with E-state index in [0.717, 1.165) is 10.9 Å². The fourth-order valence-electron chi connectivity index (χ4n) is 3.73. The zero-order chi connectivity index (χ0) is 28.5. The van der Waals surface area contributed by atoms with E-state index in [0.29, 0.717) is 5.75 Å². The fourth-order valence-corrected chi connectivity index (χ4v) is 6.44. The number of halogens is 2. The Balaban J connectivity index is 1.56. The van der Waals surface area contributed by atoms with Crippen LogP contribution < -0.4 is 20.9 Å². The van der Waals surface area contributed by atoms with Crippen molar-refractivity contribution < 1.29 is 32.8 Å². The number of fused-ring (bicyclic) bond motifs is 1. The molecule has 1 aliphatic rings. The maximum Gasteiger partial charge on any atom is 0.323 e. The molecule has 1 aromatic carbocycles. The third-order valence-corrected chi connectivity index (χ3v) is 8.43. The molecule has 1 saturated heterocycles. The summed E-state index contributed by atoms with van der Waals surface area (Å²) in [5.41, 5.74) is 4.73. The van der Waals surface area contributed by atoms with E-state index in [1.54, 1.807) is 44.2 Å². The van der Waals surface area contributed by atoms with E-state index < -0.39 is 54.4 Å². The number of ether oxygens (including phenoxy) is 2. The van der Waals surface area contributed by atoms with E-state index in [9.17, 15) is 14.7 Å². The molecule has 0 spiro atoms. The van der Waals surface area contributed by atoms with Crippen LogP contribution in [0.1, 0.15) is 27.0 Å². The lowest BCUT2D eigenvalue weighted by Gasteiger charge is -2.28. The van der Waals surface area contributed by atoms with Gasteiger partial charge in [0.25, 0.3) is 10.7 Å². The van der Waals surface area contributed by atoms with Crippen LogP contribution in [0.15, 0.2) is 41.5 Å². The van der Waals surface area contributed by atoms with Gasteiger partial charge in [-0.3, -0.25) is 19.1 Å². The molecule has 0 aliphatic carbocycles. The first-order valence-electron chi connectivity index (χ1n) is 11.7. The first kappa shape index (κ1) is 29.3. The topological polar surface area (TPSA) is 176 Å². The predicted octanol–water partition coefficient (Wildman–Crippen LogP) is 2.11. The molecule has 212 valence electrons. The summed E-state index contributed by atoms with van der Waals surface area (Å²) in [5, 5.41) is 10.7. The minimum Gasteiger partial charge on any atom is -0.462 e. The molecular weight excluding hydrogens is 578 g/mol. The van der Waals surface area contributed by atoms with Crippen LogP contribution in [0.25, 0.3) is 11.2 Å². The van der Waals surface area contributed by atoms with E-state index in [1.807, 2.05) is 0 Å². The Hall–Kier alpha value is -2.65. The van der Waals surface area contributed by atoms with Crippen molar-refractivity contribution >= 4 is 53.1 Å². The lowest BCUT2D eigenvalue weighted by atomic mass is 10.1. The Labute approximate surface area is 232 Å². The van der Waals surface area contributed by atoms with E-state index in [2.05, 4.69) is 20.0 Å². The van der Waals surface area contributed by atoms with Crippen LogP contribution in [-0.4, -0.2) is 66.7 Å². The standard InChI is InChI=1S/C22H27ClFN6O7PS/c1-11(2)35-19(33)12(3)29-38(39,37-13-7-5-4-6-8-13)34-9-14-16(31)22(23,24)20(36-14)30-10-26-15-17(30)27-21(25)28-18(15)32/h4-8,10-12,14,16,20,31H,9H2,1-3H3,(H,29,39)(H3,25,27,28,32)/t12-,14+,16+,20+,22+,38+/m0/s1. The lowest BCUT2D eigenvalue weighted by Crippen LogP contribution is -2.40. The van der Waals surface area contributed by atoms with Crippen molar-refractivity contribution in [2.75, 3.05) is 12.3 Å². The van der Waals surface area contributed by atoms with Gasteiger partial charge < -0.3 is 29.4 Å². The number of aromatic amines is 1. The van der Waals surface area contributed by atoms with Crippen LogP contribution >= 0.6 is 18.2 Å². The van der Waals surface area contributed by atoms with Crippen LogP contribution in [0.2, 0.25) is 0 Å². The second-order valence-corrected chi connectivity index (χ2v) is 12.7. The van der Waals surface area contributed by atoms with Crippen LogP contribution in [0.5, 0.6) is 5.75 Å². The van der Waals surface area contributed by atoms with Gasteiger partial charge in [-0.25, -0.2) is 14.5 Å². The van der Waals surface area contributed by atoms with Crippen LogP contribution in [0.3, 0.4) is 0 Å². The van der Waals surface area contributed by atoms with Crippen molar-refractivity contribution in [2.24, 2.45) is 0 Å². The molecule has 5 N–H and O–H groups in total. The normalized spacial score (nSPS) is 25.5. The van der Waals surface area contributed by atoms with Crippen molar-refractivity contribution in [2.45, 2.75) is 56.5 Å². The highest BCUT2D eigenvalue weighted by molar-refractivity contribution is 8.09. The first-order chi connectivity index (χ1) is 18.3. The molecule has 13 nitrogen and oxygen atoms in total. The van der Waals surface area contributed by atoms with Gasteiger partial charge >= 0.3 is 12.6 Å². The molecule has 0 bridgehead atoms. The van der Waals surface area contributed by atoms with Gasteiger partial charge in [0.05, 0.1) is 19.0 Å². The van der Waals surface area contributed by atoms with Crippen LogP contribution in [0.4, 0.5) is 10.3 Å². The lowest BCUT2D eigenvalue weighted by molar-refractivity contribution is -0.149. The van der Waals surface area contributed by atoms with Gasteiger partial charge in [0.15, 0.2) is 17.4 Å². The number of rotatable bonds is 10. The molecule has 0 saturated carbocycles. The zero-order valence-corrected chi connectivity index (χ0v) is 23.5. The molecule has 0 amide bonds. The molecule has 0 radical (unpaired) electrons. The Morgan fingerprint density at radius 2 is 2.10 bits per heavy atom. The molecule has 3 heterocycles. The minimum atomic E-state index is -3.52. The van der Waals surface area contributed by atoms with Crippen LogP contribution in [0, 0.1) is 0 Å². The Morgan fingerprint density at radius 3 is 2.77 bits per heavy atom. The number of aromatic nitrogens is 4. The Morgan fingerprint density at radius 1 is 1.41 bits per heavy atom. The number of carbonyl (C=O) groups is 1. The van der Waals surface area contributed by atoms with Gasteiger partial charge in [-0.05, 0) is 44.7 Å². The van der Waals surface area contributed by atoms with Gasteiger partial charge in [0.2, 0.25) is 5.95 Å². The van der Waals surface area contributed by atoms with E-state index in [-0.39, 0.29) is 23.2 Å². The summed E-state index contributed by atoms with van der Waals surface area (Å²) < 4.78 is 39.4. The van der Waals surface area contributed by atoms with Gasteiger partial charge in [-0.15, -0.1) is 0 Å². The summed E-state index contributed by atoms with van der Waals surface area (Å²) in [4.78, 5) is 34.7. The number of alkyl halides is 2. The summed E-state index contributed by atoms with van der Waals surface area (Å²) in [7, 11) is 0. The third kappa shape index (κ3) is 6.40. The van der Waals surface area contributed by atoms with Crippen molar-refractivity contribution in [3.05, 3.63) is 47.0 Å². The second-order valence-electron chi connectivity index (χ2n) is 8.96. The molecule has 4 rings (SSSR count). The number of para-hydroxylation sites is 1. The highest BCUT2D eigenvalue weighted by atomic mass is 35.5. The molecule has 1 aliphatic heterocycles. The smallest absolute Gasteiger partial charge is 0.323 e. The molecule has 2 aromatic heterocycles. The number of nitrogens with one attached hydrogen (secondary N) is 2. The van der Waals surface area contributed by atoms with E-state index in [4.69, 9.17) is 47.7 Å². The largest absolute Gasteiger partial charge is 0.462 e. The summed E-state index contributed by atoms with van der Waals surface area (Å²) in [6.45, 7) is 0.925. The molecule has 0 unspecified atom stereocenters. The van der Waals surface area contributed by atoms with Crippen molar-refractivity contribution in [1.82, 2.24) is 24.6 Å². The number of hydrogen-bond donors (Lipinski definition) is 4. The Bertz CT molecular complexity index is 1440. The van der Waals surface area contributed by atoms with Crippen molar-refractivity contribution in [3.63, 3.8) is 0 Å². The summed E-state index contributed by atoms with van der Waals surface area (Å²) in [5.74, 6) is -0.477. The number of anilines is 1. The number of imidazole rings is 1. The minimum absolute atomic E-state index is 0.102. The van der Waals surface area contributed by atoms with Gasteiger partial charge in [0, 0.05) is 0 Å². The second kappa shape index (κ2) is 11.5. The highest BCUT2D eigenvalue weighted by Gasteiger charge is 2.58. The average molecular weight is 605 g/mol. The average Bonchev–Trinajstić information content (AvgIpc) is 3.36. The number of aliphatic hydroxyl groups is 1. The summed E-state index contributed by atoms with van der Waals surface area (Å²) in [6.07, 6.45) is -4.20. The number of aliphatic hydroxyl groups excluding tert-OH is 1. The molecule has 3 aromatic rings. The summed E-state index contributed by atoms with van der Waals surface area (Å²) in [6, 6.07) is 7.54. The highest BCUT2D eigenvalue weighted by Crippen LogP contribution is 2.49. The maximum absolute atomic E-state index is 15.6. The number of nitrogens with two attached hydrogens (primary N) is 1. The monoisotopic (exact) mass is 604 g/mol. The number of benzene rings is 1. The molecule has 39 heavy (non-hydrogen) atoms. The van der Waals surface area contributed by atoms with E-state index >= 15 is 4.39 Å². The van der Waals surface area contributed by atoms with E-state index in [1.165, 1.54) is 6.92 Å². The molecule has 1 fully saturated rings. The maximum atomic E-state index is 15.6. The molecule has 6 atom stereocenters. The number of esters is 1. The fraction of sp³-hybridized carbons (Fsp3) is 0.455. The van der Waals surface area contributed by atoms with Gasteiger partial charge in [0.1, 0.15) is 24.0 Å². The summed E-state index contributed by atoms with van der Waals surface area (Å²) >= 11 is 11.7. The Kier molecular flexibility index (Phi) is 8.61. The third-order valence-electron chi connectivity index (χ3n) is 5.52. The van der Waals surface area contributed by atoms with Crippen molar-refractivity contribution in [1.29, 1.82) is 0 Å². The van der Waals surface area contributed by atoms with Crippen molar-refractivity contribution in [3.8, 4) is 5.75 Å². The quantitative estimate of drug-likeness (QED) is 0.151. The molecular formula is C22H27ClFN6O7PS. The zero-order valence-electron chi connectivity index (χ0n) is 21.0. The SMILES string of the molecule is CC(C)OC(=O)[C@H](C)N[P@@](=S)(OC[C@H]1O[C@@H](n2cnc3c(=O)[nH]c(N)nc32)[C@@](F)(Cl)[C@@H]1O)Oc1ccccc1. The number of hydrogen-bond acceptors (Lipinski definition) is 11. The van der Waals surface area contributed by atoms with Gasteiger partial charge in [-0.2, -0.15) is 4.98 Å². The predicted molar refractivity (Wildman–Crippen MR) is 143 cm³/mol. The number of carbonyl (C=O) groups excluding carboxylic acids is 1. The van der Waals surface area contributed by atoms with Gasteiger partial charge in [-0.1, -0.05) is 29.8 Å². The first-order valence-corrected chi connectivity index (χ1v) is 14.7. The van der Waals surface area contributed by atoms with Crippen LogP contribution in [-0.2, 0) is 30.6 Å². The molecule has 17 heteroatoms. The number of nitrogen functional groups attached to an aromatic ring is 1. The number of H-pyrrole nitrogens is 1.